The molecule has 0 heterocycles. The summed E-state index contributed by atoms with van der Waals surface area (Å²) in [6.45, 7) is 9.14. The molecule has 2 N–H and O–H groups in total. The van der Waals surface area contributed by atoms with Crippen molar-refractivity contribution in [3.63, 3.8) is 0 Å². The van der Waals surface area contributed by atoms with Gasteiger partial charge in [0, 0.05) is 13.6 Å². The molecule has 0 saturated carbocycles. The summed E-state index contributed by atoms with van der Waals surface area (Å²) in [6, 6.07) is 0. The number of hydrogen-bond acceptors (Lipinski definition) is 2. The van der Waals surface area contributed by atoms with Crippen LogP contribution >= 0.6 is 0 Å². The molecule has 0 aromatic rings. The van der Waals surface area contributed by atoms with E-state index in [-0.39, 0.29) is 0 Å². The van der Waals surface area contributed by atoms with Gasteiger partial charge < -0.3 is 10.6 Å². The Balaban J connectivity index is 3.31. The highest BCUT2D eigenvalue weighted by Crippen LogP contribution is 2.04. The lowest BCUT2D eigenvalue weighted by molar-refractivity contribution is 0.383. The van der Waals surface area contributed by atoms with E-state index in [0.717, 1.165) is 12.5 Å². The third-order valence-electron chi connectivity index (χ3n) is 1.77. The zero-order valence-electron chi connectivity index (χ0n) is 7.93. The SMILES string of the molecule is C=C(N)N(C)CCCC(C)C. The predicted molar refractivity (Wildman–Crippen MR) is 50.0 cm³/mol. The molecule has 11 heavy (non-hydrogen) atoms. The molecular weight excluding hydrogens is 136 g/mol. The fraction of sp³-hybridized carbons (Fsp3) is 0.778. The molecule has 2 heteroatoms. The Kier molecular flexibility index (Phi) is 4.75. The van der Waals surface area contributed by atoms with Crippen molar-refractivity contribution in [3.05, 3.63) is 12.4 Å². The Hall–Kier alpha value is -0.660. The van der Waals surface area contributed by atoms with E-state index >= 15 is 0 Å². The summed E-state index contributed by atoms with van der Waals surface area (Å²) in [5, 5.41) is 0. The highest BCUT2D eigenvalue weighted by atomic mass is 15.2. The quantitative estimate of drug-likeness (QED) is 0.657. The first-order chi connectivity index (χ1) is 5.04. The molecule has 0 aromatic heterocycles. The van der Waals surface area contributed by atoms with Gasteiger partial charge in [0.15, 0.2) is 0 Å². The summed E-state index contributed by atoms with van der Waals surface area (Å²) >= 11 is 0. The van der Waals surface area contributed by atoms with Gasteiger partial charge in [0.2, 0.25) is 0 Å². The van der Waals surface area contributed by atoms with E-state index in [4.69, 9.17) is 5.73 Å². The highest BCUT2D eigenvalue weighted by molar-refractivity contribution is 4.83. The second kappa shape index (κ2) is 5.05. The molecule has 0 bridgehead atoms. The van der Waals surface area contributed by atoms with Gasteiger partial charge in [-0.2, -0.15) is 0 Å². The van der Waals surface area contributed by atoms with Gasteiger partial charge in [-0.05, 0) is 18.8 Å². The average molecular weight is 156 g/mol. The van der Waals surface area contributed by atoms with Crippen molar-refractivity contribution in [3.8, 4) is 0 Å². The Bertz CT molecular complexity index is 119. The van der Waals surface area contributed by atoms with Crippen molar-refractivity contribution in [2.45, 2.75) is 26.7 Å². The van der Waals surface area contributed by atoms with Gasteiger partial charge in [-0.15, -0.1) is 0 Å². The molecule has 0 aromatic carbocycles. The average Bonchev–Trinajstić information content (AvgIpc) is 1.86. The first-order valence-corrected chi connectivity index (χ1v) is 4.19. The van der Waals surface area contributed by atoms with Crippen LogP contribution in [0.5, 0.6) is 0 Å². The largest absolute Gasteiger partial charge is 0.386 e. The molecule has 0 aliphatic carbocycles. The van der Waals surface area contributed by atoms with Crippen LogP contribution in [0.2, 0.25) is 0 Å². The summed E-state index contributed by atoms with van der Waals surface area (Å²) in [4.78, 5) is 1.99. The monoisotopic (exact) mass is 156 g/mol. The molecule has 0 aliphatic rings. The second-order valence-electron chi connectivity index (χ2n) is 3.45. The maximum absolute atomic E-state index is 5.48. The maximum atomic E-state index is 5.48. The van der Waals surface area contributed by atoms with Crippen LogP contribution in [-0.4, -0.2) is 18.5 Å². The number of nitrogens with two attached hydrogens (primary N) is 1. The topological polar surface area (TPSA) is 29.3 Å². The van der Waals surface area contributed by atoms with Gasteiger partial charge in [-0.1, -0.05) is 20.4 Å². The van der Waals surface area contributed by atoms with Crippen molar-refractivity contribution in [2.24, 2.45) is 11.7 Å². The van der Waals surface area contributed by atoms with Gasteiger partial charge >= 0.3 is 0 Å². The smallest absolute Gasteiger partial charge is 0.0909 e. The highest BCUT2D eigenvalue weighted by Gasteiger charge is 1.98. The Morgan fingerprint density at radius 2 is 2.09 bits per heavy atom. The minimum absolute atomic E-state index is 0.661. The number of rotatable bonds is 5. The van der Waals surface area contributed by atoms with Crippen LogP contribution in [0.1, 0.15) is 26.7 Å². The van der Waals surface area contributed by atoms with E-state index in [0.29, 0.717) is 5.82 Å². The summed E-state index contributed by atoms with van der Waals surface area (Å²) in [7, 11) is 1.97. The van der Waals surface area contributed by atoms with Crippen LogP contribution in [0, 0.1) is 5.92 Å². The molecule has 2 nitrogen and oxygen atoms in total. The van der Waals surface area contributed by atoms with E-state index in [9.17, 15) is 0 Å². The normalized spacial score (nSPS) is 10.2. The summed E-state index contributed by atoms with van der Waals surface area (Å²) < 4.78 is 0. The van der Waals surface area contributed by atoms with Crippen LogP contribution in [0.15, 0.2) is 12.4 Å². The van der Waals surface area contributed by atoms with E-state index < -0.39 is 0 Å². The lowest BCUT2D eigenvalue weighted by atomic mass is 10.1. The summed E-state index contributed by atoms with van der Waals surface area (Å²) in [6.07, 6.45) is 2.46. The minimum Gasteiger partial charge on any atom is -0.386 e. The van der Waals surface area contributed by atoms with Crippen LogP contribution in [0.25, 0.3) is 0 Å². The van der Waals surface area contributed by atoms with Crippen molar-refractivity contribution in [1.82, 2.24) is 4.90 Å². The molecule has 0 saturated heterocycles. The van der Waals surface area contributed by atoms with Crippen molar-refractivity contribution < 1.29 is 0 Å². The van der Waals surface area contributed by atoms with E-state index in [1.165, 1.54) is 12.8 Å². The second-order valence-corrected chi connectivity index (χ2v) is 3.45. The third-order valence-corrected chi connectivity index (χ3v) is 1.77. The third kappa shape index (κ3) is 5.77. The maximum Gasteiger partial charge on any atom is 0.0909 e. The molecule has 0 spiro atoms. The summed E-state index contributed by atoms with van der Waals surface area (Å²) in [5.74, 6) is 1.45. The molecule has 0 rings (SSSR count). The molecule has 0 aliphatic heterocycles. The first kappa shape index (κ1) is 10.3. The van der Waals surface area contributed by atoms with Gasteiger partial charge in [0.05, 0.1) is 5.82 Å². The van der Waals surface area contributed by atoms with Crippen molar-refractivity contribution in [2.75, 3.05) is 13.6 Å². The Morgan fingerprint density at radius 1 is 1.55 bits per heavy atom. The van der Waals surface area contributed by atoms with Gasteiger partial charge in [-0.25, -0.2) is 0 Å². The van der Waals surface area contributed by atoms with Crippen LogP contribution in [0.3, 0.4) is 0 Å². The molecule has 0 atom stereocenters. The fourth-order valence-corrected chi connectivity index (χ4v) is 0.880. The molecular formula is C9H20N2. The van der Waals surface area contributed by atoms with E-state index in [1.54, 1.807) is 0 Å². The van der Waals surface area contributed by atoms with E-state index in [2.05, 4.69) is 20.4 Å². The Labute approximate surface area is 70.1 Å². The lowest BCUT2D eigenvalue weighted by Gasteiger charge is -2.18. The van der Waals surface area contributed by atoms with Gasteiger partial charge in [-0.3, -0.25) is 0 Å². The molecule has 0 radical (unpaired) electrons. The van der Waals surface area contributed by atoms with Gasteiger partial charge in [0.25, 0.3) is 0 Å². The number of hydrogen-bond donors (Lipinski definition) is 1. The van der Waals surface area contributed by atoms with Crippen LogP contribution in [-0.2, 0) is 0 Å². The molecule has 66 valence electrons. The van der Waals surface area contributed by atoms with Crippen LogP contribution < -0.4 is 5.73 Å². The van der Waals surface area contributed by atoms with E-state index in [1.807, 2.05) is 11.9 Å². The number of nitrogens with zero attached hydrogens (tertiary/aromatic N) is 1. The lowest BCUT2D eigenvalue weighted by Crippen LogP contribution is -2.23. The first-order valence-electron chi connectivity index (χ1n) is 4.19. The zero-order chi connectivity index (χ0) is 8.85. The zero-order valence-corrected chi connectivity index (χ0v) is 7.93. The minimum atomic E-state index is 0.661. The Morgan fingerprint density at radius 3 is 2.45 bits per heavy atom. The van der Waals surface area contributed by atoms with Gasteiger partial charge in [0.1, 0.15) is 0 Å². The van der Waals surface area contributed by atoms with Crippen molar-refractivity contribution in [1.29, 1.82) is 0 Å². The standard InChI is InChI=1S/C9H20N2/c1-8(2)6-5-7-11(4)9(3)10/h8H,3,5-7,10H2,1-2,4H3. The molecule has 0 unspecified atom stereocenters. The van der Waals surface area contributed by atoms with Crippen molar-refractivity contribution >= 4 is 0 Å². The predicted octanol–water partition coefficient (Wildman–Crippen LogP) is 1.78. The summed E-state index contributed by atoms with van der Waals surface area (Å²) in [5.41, 5.74) is 5.48. The van der Waals surface area contributed by atoms with Crippen LogP contribution in [0.4, 0.5) is 0 Å². The molecule has 0 fully saturated rings. The fourth-order valence-electron chi connectivity index (χ4n) is 0.880. The molecule has 0 amide bonds.